The summed E-state index contributed by atoms with van der Waals surface area (Å²) in [5, 5.41) is 8.91. The lowest BCUT2D eigenvalue weighted by Gasteiger charge is -2.18. The fraction of sp³-hybridized carbons (Fsp3) is 0.500. The molecular weight excluding hydrogens is 182 g/mol. The predicted octanol–water partition coefficient (Wildman–Crippen LogP) is 1.62. The van der Waals surface area contributed by atoms with E-state index in [2.05, 4.69) is 0 Å². The van der Waals surface area contributed by atoms with Crippen LogP contribution in [-0.2, 0) is 6.42 Å². The molecule has 1 aromatic heterocycles. The van der Waals surface area contributed by atoms with E-state index in [9.17, 15) is 4.79 Å². The standard InChI is InChI=1S/C10H13NO3/c1-5-8-6(3-2-4-7(8)11)9(14-5)10(12)13/h7H,2-4,11H2,1H3,(H,12,13). The van der Waals surface area contributed by atoms with Gasteiger partial charge in [0, 0.05) is 17.2 Å². The summed E-state index contributed by atoms with van der Waals surface area (Å²) in [4.78, 5) is 10.9. The van der Waals surface area contributed by atoms with Gasteiger partial charge < -0.3 is 15.3 Å². The molecule has 4 heteroatoms. The molecule has 1 aliphatic carbocycles. The summed E-state index contributed by atoms with van der Waals surface area (Å²) in [7, 11) is 0. The average molecular weight is 195 g/mol. The summed E-state index contributed by atoms with van der Waals surface area (Å²) < 4.78 is 5.22. The number of aryl methyl sites for hydroxylation is 1. The lowest BCUT2D eigenvalue weighted by atomic mass is 9.88. The van der Waals surface area contributed by atoms with Crippen LogP contribution in [0.5, 0.6) is 0 Å². The molecule has 0 saturated carbocycles. The van der Waals surface area contributed by atoms with Gasteiger partial charge in [0.25, 0.3) is 0 Å². The highest BCUT2D eigenvalue weighted by Gasteiger charge is 2.28. The first-order valence-corrected chi connectivity index (χ1v) is 4.72. The van der Waals surface area contributed by atoms with Gasteiger partial charge in [-0.05, 0) is 26.2 Å². The van der Waals surface area contributed by atoms with Gasteiger partial charge in [0.1, 0.15) is 5.76 Å². The topological polar surface area (TPSA) is 76.5 Å². The lowest BCUT2D eigenvalue weighted by molar-refractivity contribution is 0.0659. The zero-order valence-electron chi connectivity index (χ0n) is 8.04. The highest BCUT2D eigenvalue weighted by Crippen LogP contribution is 2.34. The van der Waals surface area contributed by atoms with E-state index in [1.807, 2.05) is 0 Å². The predicted molar refractivity (Wildman–Crippen MR) is 50.3 cm³/mol. The molecular formula is C10H13NO3. The summed E-state index contributed by atoms with van der Waals surface area (Å²) >= 11 is 0. The third-order valence-electron chi connectivity index (χ3n) is 2.74. The Hall–Kier alpha value is -1.29. The first-order valence-electron chi connectivity index (χ1n) is 4.72. The second kappa shape index (κ2) is 3.13. The number of carboxylic acid groups (broad SMARTS) is 1. The molecule has 2 rings (SSSR count). The molecule has 0 saturated heterocycles. The summed E-state index contributed by atoms with van der Waals surface area (Å²) in [5.74, 6) is -0.263. The van der Waals surface area contributed by atoms with Gasteiger partial charge in [-0.15, -0.1) is 0 Å². The number of hydrogen-bond acceptors (Lipinski definition) is 3. The normalized spacial score (nSPS) is 20.6. The van der Waals surface area contributed by atoms with Crippen LogP contribution in [-0.4, -0.2) is 11.1 Å². The van der Waals surface area contributed by atoms with E-state index in [1.165, 1.54) is 0 Å². The Kier molecular flexibility index (Phi) is 2.07. The molecule has 0 radical (unpaired) electrons. The second-order valence-corrected chi connectivity index (χ2v) is 3.68. The van der Waals surface area contributed by atoms with Crippen molar-refractivity contribution < 1.29 is 14.3 Å². The monoisotopic (exact) mass is 195 g/mol. The van der Waals surface area contributed by atoms with E-state index in [0.717, 1.165) is 30.4 Å². The number of furan rings is 1. The van der Waals surface area contributed by atoms with Crippen LogP contribution in [0, 0.1) is 6.92 Å². The number of fused-ring (bicyclic) bond motifs is 1. The number of carbonyl (C=O) groups is 1. The van der Waals surface area contributed by atoms with Gasteiger partial charge in [-0.25, -0.2) is 4.79 Å². The molecule has 0 fully saturated rings. The van der Waals surface area contributed by atoms with Gasteiger partial charge in [0.05, 0.1) is 0 Å². The third kappa shape index (κ3) is 1.23. The van der Waals surface area contributed by atoms with E-state index < -0.39 is 5.97 Å². The summed E-state index contributed by atoms with van der Waals surface area (Å²) in [6, 6.07) is -0.0596. The molecule has 1 unspecified atom stereocenters. The van der Waals surface area contributed by atoms with Crippen molar-refractivity contribution in [3.05, 3.63) is 22.6 Å². The Balaban J connectivity index is 2.57. The van der Waals surface area contributed by atoms with Crippen LogP contribution in [0.4, 0.5) is 0 Å². The maximum Gasteiger partial charge on any atom is 0.372 e. The number of carboxylic acids is 1. The fourth-order valence-electron chi connectivity index (χ4n) is 2.15. The zero-order valence-corrected chi connectivity index (χ0v) is 8.04. The van der Waals surface area contributed by atoms with Crippen molar-refractivity contribution >= 4 is 5.97 Å². The van der Waals surface area contributed by atoms with Gasteiger partial charge in [0.15, 0.2) is 0 Å². The largest absolute Gasteiger partial charge is 0.475 e. The number of rotatable bonds is 1. The summed E-state index contributed by atoms with van der Waals surface area (Å²) in [6.07, 6.45) is 2.61. The summed E-state index contributed by atoms with van der Waals surface area (Å²) in [5.41, 5.74) is 7.62. The van der Waals surface area contributed by atoms with Crippen LogP contribution < -0.4 is 5.73 Å². The van der Waals surface area contributed by atoms with E-state index in [-0.39, 0.29) is 11.8 Å². The van der Waals surface area contributed by atoms with Gasteiger partial charge in [-0.3, -0.25) is 0 Å². The average Bonchev–Trinajstić information content (AvgIpc) is 2.45. The third-order valence-corrected chi connectivity index (χ3v) is 2.74. The molecule has 76 valence electrons. The molecule has 1 aromatic rings. The Labute approximate surface area is 81.7 Å². The molecule has 14 heavy (non-hydrogen) atoms. The van der Waals surface area contributed by atoms with E-state index >= 15 is 0 Å². The smallest absolute Gasteiger partial charge is 0.372 e. The van der Waals surface area contributed by atoms with Crippen LogP contribution in [0.1, 0.15) is 46.3 Å². The molecule has 3 N–H and O–H groups in total. The van der Waals surface area contributed by atoms with Crippen LogP contribution in [0.15, 0.2) is 4.42 Å². The van der Waals surface area contributed by atoms with Gasteiger partial charge in [-0.2, -0.15) is 0 Å². The number of nitrogens with two attached hydrogens (primary N) is 1. The van der Waals surface area contributed by atoms with E-state index in [0.29, 0.717) is 5.76 Å². The SMILES string of the molecule is Cc1oc(C(=O)O)c2c1C(N)CCC2. The van der Waals surface area contributed by atoms with E-state index in [4.69, 9.17) is 15.3 Å². The first kappa shape index (κ1) is 9.27. The minimum absolute atomic E-state index is 0.0596. The van der Waals surface area contributed by atoms with E-state index in [1.54, 1.807) is 6.92 Å². The zero-order chi connectivity index (χ0) is 10.3. The summed E-state index contributed by atoms with van der Waals surface area (Å²) in [6.45, 7) is 1.77. The van der Waals surface area contributed by atoms with Crippen molar-refractivity contribution in [2.45, 2.75) is 32.2 Å². The molecule has 0 amide bonds. The molecule has 0 bridgehead atoms. The molecule has 1 atom stereocenters. The maximum absolute atomic E-state index is 10.9. The first-order chi connectivity index (χ1) is 6.61. The van der Waals surface area contributed by atoms with Crippen LogP contribution in [0.25, 0.3) is 0 Å². The molecule has 1 aliphatic rings. The van der Waals surface area contributed by atoms with Crippen molar-refractivity contribution in [1.29, 1.82) is 0 Å². The minimum atomic E-state index is -0.997. The molecule has 1 heterocycles. The Morgan fingerprint density at radius 3 is 3.00 bits per heavy atom. The molecule has 0 spiro atoms. The lowest BCUT2D eigenvalue weighted by Crippen LogP contribution is -2.17. The van der Waals surface area contributed by atoms with Crippen molar-refractivity contribution in [3.8, 4) is 0 Å². The quantitative estimate of drug-likeness (QED) is 0.713. The van der Waals surface area contributed by atoms with Gasteiger partial charge in [0.2, 0.25) is 5.76 Å². The van der Waals surface area contributed by atoms with Crippen LogP contribution >= 0.6 is 0 Å². The van der Waals surface area contributed by atoms with Crippen LogP contribution in [0.2, 0.25) is 0 Å². The van der Waals surface area contributed by atoms with Crippen LogP contribution in [0.3, 0.4) is 0 Å². The maximum atomic E-state index is 10.9. The molecule has 0 aliphatic heterocycles. The van der Waals surface area contributed by atoms with Gasteiger partial charge >= 0.3 is 5.97 Å². The Morgan fingerprint density at radius 2 is 2.36 bits per heavy atom. The highest BCUT2D eigenvalue weighted by molar-refractivity contribution is 5.87. The number of aromatic carboxylic acids is 1. The Bertz CT molecular complexity index is 381. The van der Waals surface area contributed by atoms with Crippen molar-refractivity contribution in [2.75, 3.05) is 0 Å². The minimum Gasteiger partial charge on any atom is -0.475 e. The number of hydrogen-bond donors (Lipinski definition) is 2. The molecule has 0 aromatic carbocycles. The molecule has 4 nitrogen and oxygen atoms in total. The van der Waals surface area contributed by atoms with Crippen molar-refractivity contribution in [1.82, 2.24) is 0 Å². The second-order valence-electron chi connectivity index (χ2n) is 3.68. The Morgan fingerprint density at radius 1 is 1.64 bits per heavy atom. The fourth-order valence-corrected chi connectivity index (χ4v) is 2.15. The van der Waals surface area contributed by atoms with Crippen molar-refractivity contribution in [3.63, 3.8) is 0 Å². The van der Waals surface area contributed by atoms with Crippen molar-refractivity contribution in [2.24, 2.45) is 5.73 Å². The van der Waals surface area contributed by atoms with Gasteiger partial charge in [-0.1, -0.05) is 0 Å². The highest BCUT2D eigenvalue weighted by atomic mass is 16.4.